The minimum atomic E-state index is 0.228. The van der Waals surface area contributed by atoms with Crippen molar-refractivity contribution in [2.45, 2.75) is 56.6 Å². The van der Waals surface area contributed by atoms with Crippen LogP contribution in [0.15, 0.2) is 0 Å². The van der Waals surface area contributed by atoms with E-state index >= 15 is 0 Å². The number of rotatable bonds is 3. The molecule has 1 atom stereocenters. The Morgan fingerprint density at radius 2 is 2.20 bits per heavy atom. The van der Waals surface area contributed by atoms with Crippen molar-refractivity contribution in [3.8, 4) is 12.3 Å². The van der Waals surface area contributed by atoms with Gasteiger partial charge in [0.05, 0.1) is 5.60 Å². The zero-order chi connectivity index (χ0) is 10.6. The Morgan fingerprint density at radius 3 is 2.93 bits per heavy atom. The summed E-state index contributed by atoms with van der Waals surface area (Å²) >= 11 is 0. The Balaban J connectivity index is 1.79. The van der Waals surface area contributed by atoms with Gasteiger partial charge in [0.25, 0.3) is 0 Å². The van der Waals surface area contributed by atoms with Gasteiger partial charge in [-0.05, 0) is 25.7 Å². The maximum absolute atomic E-state index is 5.98. The molecule has 1 N–H and O–H groups in total. The number of nitrogens with one attached hydrogen (secondary N) is 1. The summed E-state index contributed by atoms with van der Waals surface area (Å²) in [5.41, 5.74) is 0.228. The van der Waals surface area contributed by atoms with Gasteiger partial charge in [0.15, 0.2) is 0 Å². The Labute approximate surface area is 92.8 Å². The first-order valence-electron chi connectivity index (χ1n) is 6.15. The van der Waals surface area contributed by atoms with Crippen LogP contribution in [0.2, 0.25) is 0 Å². The third kappa shape index (κ3) is 2.74. The summed E-state index contributed by atoms with van der Waals surface area (Å²) in [5, 5.41) is 3.55. The van der Waals surface area contributed by atoms with Crippen molar-refractivity contribution in [1.29, 1.82) is 0 Å². The summed E-state index contributed by atoms with van der Waals surface area (Å²) in [4.78, 5) is 0. The normalized spacial score (nSPS) is 29.1. The monoisotopic (exact) mass is 207 g/mol. The Hall–Kier alpha value is -0.520. The van der Waals surface area contributed by atoms with Gasteiger partial charge in [0.2, 0.25) is 0 Å². The highest BCUT2D eigenvalue weighted by molar-refractivity contribution is 4.94. The van der Waals surface area contributed by atoms with E-state index in [1.807, 2.05) is 0 Å². The minimum Gasteiger partial charge on any atom is -0.375 e. The second kappa shape index (κ2) is 5.01. The van der Waals surface area contributed by atoms with Crippen LogP contribution in [0.3, 0.4) is 0 Å². The molecule has 0 bridgehead atoms. The van der Waals surface area contributed by atoms with Gasteiger partial charge in [-0.1, -0.05) is 12.8 Å². The van der Waals surface area contributed by atoms with Gasteiger partial charge in [-0.15, -0.1) is 12.3 Å². The fourth-order valence-electron chi connectivity index (χ4n) is 2.92. The Morgan fingerprint density at radius 1 is 1.40 bits per heavy atom. The first-order valence-corrected chi connectivity index (χ1v) is 6.15. The lowest BCUT2D eigenvalue weighted by Gasteiger charge is -2.38. The van der Waals surface area contributed by atoms with Crippen molar-refractivity contribution in [2.75, 3.05) is 13.2 Å². The first-order chi connectivity index (χ1) is 7.35. The molecule has 0 radical (unpaired) electrons. The predicted molar refractivity (Wildman–Crippen MR) is 61.6 cm³/mol. The third-order valence-electron chi connectivity index (χ3n) is 3.71. The number of ether oxygens (including phenoxy) is 1. The SMILES string of the molecule is C#CCCNC1CCOC2(CCCC2)C1. The standard InChI is InChI=1S/C13H21NO/c1-2-3-9-14-12-6-10-15-13(11-12)7-4-5-8-13/h1,12,14H,3-11H2. The van der Waals surface area contributed by atoms with Gasteiger partial charge < -0.3 is 10.1 Å². The van der Waals surface area contributed by atoms with E-state index in [0.717, 1.165) is 26.0 Å². The molecule has 2 heteroatoms. The molecule has 2 nitrogen and oxygen atoms in total. The lowest BCUT2D eigenvalue weighted by Crippen LogP contribution is -2.45. The van der Waals surface area contributed by atoms with E-state index in [0.29, 0.717) is 6.04 Å². The molecule has 1 unspecified atom stereocenters. The maximum Gasteiger partial charge on any atom is 0.0697 e. The van der Waals surface area contributed by atoms with Crippen molar-refractivity contribution < 1.29 is 4.74 Å². The molecule has 0 amide bonds. The van der Waals surface area contributed by atoms with E-state index in [1.165, 1.54) is 32.1 Å². The summed E-state index contributed by atoms with van der Waals surface area (Å²) in [5.74, 6) is 2.67. The largest absolute Gasteiger partial charge is 0.375 e. The number of hydrogen-bond donors (Lipinski definition) is 1. The lowest BCUT2D eigenvalue weighted by atomic mass is 9.89. The quantitative estimate of drug-likeness (QED) is 0.565. The van der Waals surface area contributed by atoms with E-state index in [2.05, 4.69) is 11.2 Å². The van der Waals surface area contributed by atoms with Crippen LogP contribution >= 0.6 is 0 Å². The van der Waals surface area contributed by atoms with Gasteiger partial charge >= 0.3 is 0 Å². The third-order valence-corrected chi connectivity index (χ3v) is 3.71. The molecule has 15 heavy (non-hydrogen) atoms. The smallest absolute Gasteiger partial charge is 0.0697 e. The van der Waals surface area contributed by atoms with Gasteiger partial charge in [-0.2, -0.15) is 0 Å². The summed E-state index contributed by atoms with van der Waals surface area (Å²) in [6.45, 7) is 1.88. The molecule has 1 spiro atoms. The van der Waals surface area contributed by atoms with E-state index in [-0.39, 0.29) is 5.60 Å². The highest BCUT2D eigenvalue weighted by Gasteiger charge is 2.39. The van der Waals surface area contributed by atoms with E-state index in [1.54, 1.807) is 0 Å². The predicted octanol–water partition coefficient (Wildman–Crippen LogP) is 2.09. The second-order valence-corrected chi connectivity index (χ2v) is 4.84. The average Bonchev–Trinajstić information content (AvgIpc) is 2.67. The molecule has 2 fully saturated rings. The van der Waals surface area contributed by atoms with Crippen molar-refractivity contribution in [3.63, 3.8) is 0 Å². The molecule has 1 heterocycles. The highest BCUT2D eigenvalue weighted by atomic mass is 16.5. The molecule has 0 aromatic carbocycles. The minimum absolute atomic E-state index is 0.228. The molecule has 1 saturated carbocycles. The highest BCUT2D eigenvalue weighted by Crippen LogP contribution is 2.39. The molecule has 1 saturated heterocycles. The van der Waals surface area contributed by atoms with E-state index < -0.39 is 0 Å². The summed E-state index contributed by atoms with van der Waals surface area (Å²) in [6.07, 6.45) is 13.6. The molecule has 0 aromatic heterocycles. The van der Waals surface area contributed by atoms with Gasteiger partial charge in [-0.25, -0.2) is 0 Å². The van der Waals surface area contributed by atoms with Crippen molar-refractivity contribution in [2.24, 2.45) is 0 Å². The molecular formula is C13H21NO. The van der Waals surface area contributed by atoms with Gasteiger partial charge in [-0.3, -0.25) is 0 Å². The summed E-state index contributed by atoms with van der Waals surface area (Å²) in [7, 11) is 0. The summed E-state index contributed by atoms with van der Waals surface area (Å²) in [6, 6.07) is 0.630. The number of hydrogen-bond acceptors (Lipinski definition) is 2. The fourth-order valence-corrected chi connectivity index (χ4v) is 2.92. The topological polar surface area (TPSA) is 21.3 Å². The maximum atomic E-state index is 5.98. The zero-order valence-corrected chi connectivity index (χ0v) is 9.43. The van der Waals surface area contributed by atoms with Crippen LogP contribution in [0, 0.1) is 12.3 Å². The van der Waals surface area contributed by atoms with Crippen molar-refractivity contribution in [1.82, 2.24) is 5.32 Å². The molecule has 2 aliphatic rings. The van der Waals surface area contributed by atoms with Crippen LogP contribution in [0.25, 0.3) is 0 Å². The Kier molecular flexibility index (Phi) is 3.66. The average molecular weight is 207 g/mol. The zero-order valence-electron chi connectivity index (χ0n) is 9.43. The molecule has 1 aliphatic carbocycles. The van der Waals surface area contributed by atoms with Crippen molar-refractivity contribution in [3.05, 3.63) is 0 Å². The van der Waals surface area contributed by atoms with Crippen LogP contribution in [-0.4, -0.2) is 24.8 Å². The van der Waals surface area contributed by atoms with Crippen LogP contribution in [0.5, 0.6) is 0 Å². The second-order valence-electron chi connectivity index (χ2n) is 4.84. The van der Waals surface area contributed by atoms with Crippen LogP contribution < -0.4 is 5.32 Å². The van der Waals surface area contributed by atoms with E-state index in [4.69, 9.17) is 11.2 Å². The first kappa shape index (κ1) is 11.0. The molecule has 2 rings (SSSR count). The van der Waals surface area contributed by atoms with Gasteiger partial charge in [0, 0.05) is 25.6 Å². The molecule has 0 aromatic rings. The fraction of sp³-hybridized carbons (Fsp3) is 0.846. The molecular weight excluding hydrogens is 186 g/mol. The van der Waals surface area contributed by atoms with Crippen LogP contribution in [0.1, 0.15) is 44.9 Å². The van der Waals surface area contributed by atoms with Crippen LogP contribution in [0.4, 0.5) is 0 Å². The van der Waals surface area contributed by atoms with Gasteiger partial charge in [0.1, 0.15) is 0 Å². The molecule has 1 aliphatic heterocycles. The van der Waals surface area contributed by atoms with Crippen LogP contribution in [-0.2, 0) is 4.74 Å². The Bertz CT molecular complexity index is 237. The number of terminal acetylenes is 1. The van der Waals surface area contributed by atoms with Crippen molar-refractivity contribution >= 4 is 0 Å². The summed E-state index contributed by atoms with van der Waals surface area (Å²) < 4.78 is 5.98. The van der Waals surface area contributed by atoms with E-state index in [9.17, 15) is 0 Å². The lowest BCUT2D eigenvalue weighted by molar-refractivity contribution is -0.0834. The molecule has 84 valence electrons.